The van der Waals surface area contributed by atoms with Gasteiger partial charge in [0.25, 0.3) is 0 Å². The highest BCUT2D eigenvalue weighted by Gasteiger charge is 2.31. The Kier molecular flexibility index (Phi) is 5.45. The maximum absolute atomic E-state index is 6.10. The molecule has 0 aromatic heterocycles. The number of benzene rings is 1. The maximum atomic E-state index is 6.10. The number of hydrogen-bond acceptors (Lipinski definition) is 0. The fourth-order valence-corrected chi connectivity index (χ4v) is 3.36. The first kappa shape index (κ1) is 13.3. The van der Waals surface area contributed by atoms with Crippen molar-refractivity contribution in [2.24, 2.45) is 0 Å². The maximum Gasteiger partial charge on any atom is 0.0332 e. The Morgan fingerprint density at radius 1 is 1.20 bits per heavy atom. The number of alkyl halides is 2. The van der Waals surface area contributed by atoms with Crippen LogP contribution in [0.15, 0.2) is 28.7 Å². The van der Waals surface area contributed by atoms with Gasteiger partial charge in [-0.1, -0.05) is 47.5 Å². The minimum atomic E-state index is -0.0993. The van der Waals surface area contributed by atoms with Crippen molar-refractivity contribution in [1.82, 2.24) is 0 Å². The quantitative estimate of drug-likeness (QED) is 0.674. The molecular weight excluding hydrogens is 295 g/mol. The molecule has 84 valence electrons. The lowest BCUT2D eigenvalue weighted by Crippen LogP contribution is -2.30. The van der Waals surface area contributed by atoms with E-state index in [0.717, 1.165) is 17.3 Å². The van der Waals surface area contributed by atoms with Gasteiger partial charge in [-0.3, -0.25) is 0 Å². The van der Waals surface area contributed by atoms with Crippen molar-refractivity contribution >= 4 is 39.1 Å². The summed E-state index contributed by atoms with van der Waals surface area (Å²) in [7, 11) is 0. The molecule has 1 rings (SSSR count). The van der Waals surface area contributed by atoms with Gasteiger partial charge < -0.3 is 0 Å². The predicted octanol–water partition coefficient (Wildman–Crippen LogP) is 4.96. The molecule has 0 saturated carbocycles. The van der Waals surface area contributed by atoms with Crippen molar-refractivity contribution in [3.63, 3.8) is 0 Å². The minimum absolute atomic E-state index is 0.0993. The Bertz CT molecular complexity index is 308. The molecule has 0 nitrogen and oxygen atoms in total. The second-order valence-electron chi connectivity index (χ2n) is 3.78. The fraction of sp³-hybridized carbons (Fsp3) is 0.500. The van der Waals surface area contributed by atoms with E-state index in [4.69, 9.17) is 23.2 Å². The highest BCUT2D eigenvalue weighted by molar-refractivity contribution is 9.10. The molecule has 0 heterocycles. The largest absolute Gasteiger partial charge is 0.126 e. The van der Waals surface area contributed by atoms with Gasteiger partial charge >= 0.3 is 0 Å². The van der Waals surface area contributed by atoms with E-state index in [9.17, 15) is 0 Å². The third-order valence-electron chi connectivity index (χ3n) is 2.69. The molecule has 0 aliphatic rings. The van der Waals surface area contributed by atoms with E-state index in [-0.39, 0.29) is 5.41 Å². The predicted molar refractivity (Wildman–Crippen MR) is 72.2 cm³/mol. The minimum Gasteiger partial charge on any atom is -0.126 e. The summed E-state index contributed by atoms with van der Waals surface area (Å²) in [5.74, 6) is 1.12. The van der Waals surface area contributed by atoms with Gasteiger partial charge in [0.05, 0.1) is 0 Å². The Balaban J connectivity index is 3.13. The monoisotopic (exact) mass is 308 g/mol. The van der Waals surface area contributed by atoms with Gasteiger partial charge in [0, 0.05) is 21.6 Å². The summed E-state index contributed by atoms with van der Waals surface area (Å²) >= 11 is 15.8. The van der Waals surface area contributed by atoms with Crippen molar-refractivity contribution in [3.05, 3.63) is 34.3 Å². The molecule has 3 heteroatoms. The Hall–Kier alpha value is 0.280. The molecule has 0 spiro atoms. The first-order valence-electron chi connectivity index (χ1n) is 5.07. The molecule has 1 aromatic rings. The fourth-order valence-electron chi connectivity index (χ4n) is 1.82. The molecule has 0 atom stereocenters. The van der Waals surface area contributed by atoms with Crippen molar-refractivity contribution in [2.75, 3.05) is 11.8 Å². The van der Waals surface area contributed by atoms with Crippen LogP contribution in [0.25, 0.3) is 0 Å². The van der Waals surface area contributed by atoms with Crippen LogP contribution in [0.4, 0.5) is 0 Å². The molecule has 0 N–H and O–H groups in total. The van der Waals surface area contributed by atoms with E-state index in [1.54, 1.807) is 0 Å². The molecule has 0 bridgehead atoms. The zero-order valence-electron chi connectivity index (χ0n) is 8.77. The molecule has 0 fully saturated rings. The standard InChI is InChI=1S/C12H15BrCl2/c1-2-7-12(8-14,9-15)10-5-3-4-6-11(10)13/h3-6H,2,7-9H2,1H3. The third-order valence-corrected chi connectivity index (χ3v) is 4.40. The van der Waals surface area contributed by atoms with E-state index in [1.807, 2.05) is 18.2 Å². The summed E-state index contributed by atoms with van der Waals surface area (Å²) in [5.41, 5.74) is 1.12. The van der Waals surface area contributed by atoms with E-state index in [1.165, 1.54) is 5.56 Å². The molecule has 15 heavy (non-hydrogen) atoms. The Morgan fingerprint density at radius 2 is 1.80 bits per heavy atom. The molecule has 0 saturated heterocycles. The second-order valence-corrected chi connectivity index (χ2v) is 5.17. The molecule has 0 aliphatic heterocycles. The molecule has 1 aromatic carbocycles. The normalized spacial score (nSPS) is 11.7. The summed E-state index contributed by atoms with van der Waals surface area (Å²) in [4.78, 5) is 0. The Labute approximate surface area is 110 Å². The van der Waals surface area contributed by atoms with Crippen LogP contribution in [-0.2, 0) is 5.41 Å². The van der Waals surface area contributed by atoms with Crippen LogP contribution in [0.2, 0.25) is 0 Å². The highest BCUT2D eigenvalue weighted by atomic mass is 79.9. The highest BCUT2D eigenvalue weighted by Crippen LogP contribution is 2.36. The average molecular weight is 310 g/mol. The van der Waals surface area contributed by atoms with Crippen LogP contribution < -0.4 is 0 Å². The first-order chi connectivity index (χ1) is 7.20. The van der Waals surface area contributed by atoms with E-state index in [0.29, 0.717) is 11.8 Å². The van der Waals surface area contributed by atoms with Crippen LogP contribution in [0.3, 0.4) is 0 Å². The van der Waals surface area contributed by atoms with Crippen LogP contribution in [-0.4, -0.2) is 11.8 Å². The second kappa shape index (κ2) is 6.12. The van der Waals surface area contributed by atoms with Gasteiger partial charge in [0.1, 0.15) is 0 Å². The van der Waals surface area contributed by atoms with Gasteiger partial charge in [-0.15, -0.1) is 23.2 Å². The van der Waals surface area contributed by atoms with Gasteiger partial charge in [0.2, 0.25) is 0 Å². The average Bonchev–Trinajstić information content (AvgIpc) is 2.27. The van der Waals surface area contributed by atoms with Gasteiger partial charge in [-0.05, 0) is 18.1 Å². The number of halogens is 3. The lowest BCUT2D eigenvalue weighted by atomic mass is 9.80. The zero-order valence-corrected chi connectivity index (χ0v) is 11.9. The first-order valence-corrected chi connectivity index (χ1v) is 6.93. The van der Waals surface area contributed by atoms with Gasteiger partial charge in [-0.25, -0.2) is 0 Å². The lowest BCUT2D eigenvalue weighted by Gasteiger charge is -2.30. The number of rotatable bonds is 5. The summed E-state index contributed by atoms with van der Waals surface area (Å²) in [6, 6.07) is 8.18. The van der Waals surface area contributed by atoms with Crippen molar-refractivity contribution in [2.45, 2.75) is 25.2 Å². The van der Waals surface area contributed by atoms with E-state index in [2.05, 4.69) is 28.9 Å². The smallest absolute Gasteiger partial charge is 0.0332 e. The SMILES string of the molecule is CCCC(CCl)(CCl)c1ccccc1Br. The van der Waals surface area contributed by atoms with E-state index >= 15 is 0 Å². The Morgan fingerprint density at radius 3 is 2.27 bits per heavy atom. The topological polar surface area (TPSA) is 0 Å². The zero-order chi connectivity index (χ0) is 11.3. The third kappa shape index (κ3) is 2.89. The van der Waals surface area contributed by atoms with Crippen LogP contribution in [0.5, 0.6) is 0 Å². The van der Waals surface area contributed by atoms with E-state index < -0.39 is 0 Å². The molecule has 0 amide bonds. The van der Waals surface area contributed by atoms with Crippen molar-refractivity contribution in [3.8, 4) is 0 Å². The van der Waals surface area contributed by atoms with Crippen LogP contribution in [0, 0.1) is 0 Å². The number of hydrogen-bond donors (Lipinski definition) is 0. The van der Waals surface area contributed by atoms with Gasteiger partial charge in [-0.2, -0.15) is 0 Å². The van der Waals surface area contributed by atoms with Crippen LogP contribution in [0.1, 0.15) is 25.3 Å². The summed E-state index contributed by atoms with van der Waals surface area (Å²) in [5, 5.41) is 0. The van der Waals surface area contributed by atoms with Crippen LogP contribution >= 0.6 is 39.1 Å². The summed E-state index contributed by atoms with van der Waals surface area (Å²) in [6.07, 6.45) is 2.10. The lowest BCUT2D eigenvalue weighted by molar-refractivity contribution is 0.483. The van der Waals surface area contributed by atoms with Crippen molar-refractivity contribution in [1.29, 1.82) is 0 Å². The summed E-state index contributed by atoms with van der Waals surface area (Å²) < 4.78 is 1.10. The molecule has 0 unspecified atom stereocenters. The summed E-state index contributed by atoms with van der Waals surface area (Å²) in [6.45, 7) is 2.16. The molecule has 0 aliphatic carbocycles. The molecular formula is C12H15BrCl2. The molecule has 0 radical (unpaired) electrons. The van der Waals surface area contributed by atoms with Crippen molar-refractivity contribution < 1.29 is 0 Å². The van der Waals surface area contributed by atoms with Gasteiger partial charge in [0.15, 0.2) is 0 Å².